The summed E-state index contributed by atoms with van der Waals surface area (Å²) < 4.78 is 15.8. The van der Waals surface area contributed by atoms with Gasteiger partial charge >= 0.3 is 0 Å². The lowest BCUT2D eigenvalue weighted by Gasteiger charge is -2.10. The third kappa shape index (κ3) is 12.3. The maximum atomic E-state index is 12.7. The van der Waals surface area contributed by atoms with Crippen LogP contribution in [0.25, 0.3) is 51.5 Å². The molecule has 3 N–H and O–H groups in total. The Morgan fingerprint density at radius 2 is 0.899 bits per heavy atom. The first-order chi connectivity index (χ1) is 38.5. The molecule has 0 bridgehead atoms. The van der Waals surface area contributed by atoms with Gasteiger partial charge in [0.25, 0.3) is 34.0 Å². The Bertz CT molecular complexity index is 4200. The van der Waals surface area contributed by atoms with E-state index in [0.29, 0.717) is 58.2 Å². The fourth-order valence-corrected chi connectivity index (χ4v) is 8.64. The molecule has 0 spiro atoms. The fraction of sp³-hybridized carbons (Fsp3) is 0.177. The zero-order valence-electron chi connectivity index (χ0n) is 44.5. The molecule has 12 rings (SSSR count). The summed E-state index contributed by atoms with van der Waals surface area (Å²) in [5.41, 5.74) is 10.7. The van der Waals surface area contributed by atoms with Crippen molar-refractivity contribution in [1.29, 1.82) is 0 Å². The van der Waals surface area contributed by atoms with E-state index in [1.54, 1.807) is 13.0 Å². The van der Waals surface area contributed by atoms with E-state index in [-0.39, 0.29) is 29.9 Å². The molecule has 396 valence electrons. The van der Waals surface area contributed by atoms with Gasteiger partial charge in [-0.05, 0) is 92.5 Å². The van der Waals surface area contributed by atoms with Crippen LogP contribution in [0.1, 0.15) is 64.3 Å². The highest BCUT2D eigenvalue weighted by atomic mass is 16.5. The van der Waals surface area contributed by atoms with Crippen molar-refractivity contribution in [1.82, 2.24) is 58.7 Å². The molecular weight excluding hydrogens is 993 g/mol. The molecule has 0 fully saturated rings. The minimum atomic E-state index is -0.218. The topological polar surface area (TPSA) is 208 Å². The third-order valence-corrected chi connectivity index (χ3v) is 13.5. The van der Waals surface area contributed by atoms with E-state index in [2.05, 4.69) is 83.3 Å². The highest BCUT2D eigenvalue weighted by Gasteiger charge is 2.16. The Morgan fingerprint density at radius 1 is 0.430 bits per heavy atom. The number of ether oxygens (including phenoxy) is 2. The van der Waals surface area contributed by atoms with Gasteiger partial charge in [0.15, 0.2) is 17.5 Å². The number of fused-ring (bicyclic) bond motifs is 3. The molecule has 6 heterocycles. The minimum absolute atomic E-state index is 0.138. The van der Waals surface area contributed by atoms with Gasteiger partial charge in [0.2, 0.25) is 0 Å². The van der Waals surface area contributed by atoms with Crippen molar-refractivity contribution in [2.75, 3.05) is 0 Å². The van der Waals surface area contributed by atoms with Crippen LogP contribution in [-0.4, -0.2) is 58.7 Å². The molecule has 0 aliphatic rings. The van der Waals surface area contributed by atoms with Crippen LogP contribution in [0.15, 0.2) is 184 Å². The van der Waals surface area contributed by atoms with E-state index in [0.717, 1.165) is 64.3 Å². The molecule has 6 aromatic heterocycles. The average molecular weight is 1050 g/mol. The number of aromatic nitrogens is 12. The number of H-pyrrole nitrogens is 3. The SMILES string of the molecule is CCc1ccc(CCc2cc(=O)n3[nH]c(-c4ccccc4)nc3n2)cc1.CCc1ccc(OCc2nc3nc(-c4ccccc4)[nH]n3c(=O)c2C)cc1.Cc1cccc(OCc2cc(=O)n3[nH]c(-c4ccccc4)nc3n2)c1C. The fourth-order valence-electron chi connectivity index (χ4n) is 8.64. The smallest absolute Gasteiger partial charge is 0.277 e. The zero-order valence-corrected chi connectivity index (χ0v) is 44.5. The van der Waals surface area contributed by atoms with Gasteiger partial charge in [-0.2, -0.15) is 28.5 Å². The summed E-state index contributed by atoms with van der Waals surface area (Å²) in [4.78, 5) is 64.3. The molecule has 12 aromatic rings. The number of rotatable bonds is 14. The number of nitrogens with one attached hydrogen (secondary N) is 3. The van der Waals surface area contributed by atoms with Crippen LogP contribution in [0.5, 0.6) is 11.5 Å². The Labute approximate surface area is 454 Å². The lowest BCUT2D eigenvalue weighted by molar-refractivity contribution is 0.299. The van der Waals surface area contributed by atoms with Crippen molar-refractivity contribution in [2.24, 2.45) is 0 Å². The van der Waals surface area contributed by atoms with Crippen molar-refractivity contribution < 1.29 is 9.47 Å². The Balaban J connectivity index is 0.000000134. The second-order valence-electron chi connectivity index (χ2n) is 18.8. The molecule has 17 heteroatoms. The monoisotopic (exact) mass is 1050 g/mol. The van der Waals surface area contributed by atoms with Crippen molar-refractivity contribution in [2.45, 2.75) is 73.5 Å². The standard InChI is InChI=1S/C21H20N4O2.C21H20N4O.C20H18N4O2/c1-3-15-9-11-17(12-10-15)27-13-18-14(2)20(26)25-21(22-18)23-19(24-25)16-7-5-4-6-8-16;1-2-15-8-10-16(11-9-15)12-13-18-14-19(26)25-21(22-18)23-20(24-25)17-6-4-3-5-7-17;1-13-7-6-10-17(14(13)2)26-12-16-11-18(25)24-20(21-16)22-19(23-24)15-8-4-3-5-9-15/h4-12H,3,13H2,1-2H3,(H,22,23,24);3-11,14H,2,12-13H2,1H3,(H,22,23,24);3-11H,12H2,1-2H3,(H,21,22,23). The van der Waals surface area contributed by atoms with E-state index in [1.807, 2.05) is 147 Å². The normalized spacial score (nSPS) is 11.1. The molecule has 17 nitrogen and oxygen atoms in total. The zero-order chi connectivity index (χ0) is 54.8. The minimum Gasteiger partial charge on any atom is -0.487 e. The highest BCUT2D eigenvalue weighted by molar-refractivity contribution is 5.58. The van der Waals surface area contributed by atoms with Crippen LogP contribution in [0.2, 0.25) is 0 Å². The van der Waals surface area contributed by atoms with E-state index >= 15 is 0 Å². The van der Waals surface area contributed by atoms with E-state index in [4.69, 9.17) is 9.47 Å². The summed E-state index contributed by atoms with van der Waals surface area (Å²) in [6.45, 7) is 10.5. The van der Waals surface area contributed by atoms with Crippen LogP contribution < -0.4 is 26.2 Å². The Hall–Kier alpha value is -10.0. The average Bonchev–Trinajstić information content (AvgIpc) is 4.28. The van der Waals surface area contributed by atoms with Gasteiger partial charge in [0.1, 0.15) is 24.7 Å². The van der Waals surface area contributed by atoms with Crippen molar-refractivity contribution in [3.8, 4) is 45.7 Å². The number of aromatic amines is 3. The second kappa shape index (κ2) is 23.9. The van der Waals surface area contributed by atoms with Crippen molar-refractivity contribution >= 4 is 17.3 Å². The van der Waals surface area contributed by atoms with Gasteiger partial charge in [-0.1, -0.05) is 153 Å². The lowest BCUT2D eigenvalue weighted by atomic mass is 10.1. The number of hydrogen-bond acceptors (Lipinski definition) is 11. The maximum absolute atomic E-state index is 12.7. The molecule has 0 saturated carbocycles. The van der Waals surface area contributed by atoms with Crippen LogP contribution in [0, 0.1) is 20.8 Å². The summed E-state index contributed by atoms with van der Waals surface area (Å²) in [5.74, 6) is 4.46. The first kappa shape index (κ1) is 52.4. The highest BCUT2D eigenvalue weighted by Crippen LogP contribution is 2.23. The Kier molecular flexibility index (Phi) is 15.8. The summed E-state index contributed by atoms with van der Waals surface area (Å²) >= 11 is 0. The Morgan fingerprint density at radius 3 is 1.43 bits per heavy atom. The summed E-state index contributed by atoms with van der Waals surface area (Å²) in [6, 6.07) is 54.5. The number of aryl methyl sites for hydroxylation is 5. The predicted molar refractivity (Wildman–Crippen MR) is 305 cm³/mol. The second-order valence-corrected chi connectivity index (χ2v) is 18.8. The number of nitrogens with zero attached hydrogens (tertiary/aromatic N) is 9. The molecule has 79 heavy (non-hydrogen) atoms. The van der Waals surface area contributed by atoms with Gasteiger partial charge < -0.3 is 9.47 Å². The molecule has 0 saturated heterocycles. The lowest BCUT2D eigenvalue weighted by Crippen LogP contribution is -2.21. The van der Waals surface area contributed by atoms with Gasteiger partial charge in [-0.15, -0.1) is 0 Å². The van der Waals surface area contributed by atoms with Crippen LogP contribution in [0.4, 0.5) is 0 Å². The molecule has 0 aliphatic carbocycles. The van der Waals surface area contributed by atoms with Crippen LogP contribution >= 0.6 is 0 Å². The van der Waals surface area contributed by atoms with Gasteiger partial charge in [0, 0.05) is 34.4 Å². The molecule has 0 amide bonds. The first-order valence-electron chi connectivity index (χ1n) is 26.1. The van der Waals surface area contributed by atoms with Gasteiger partial charge in [-0.3, -0.25) is 29.7 Å². The molecule has 0 atom stereocenters. The molecule has 0 radical (unpaired) electrons. The quantitative estimate of drug-likeness (QED) is 0.0934. The largest absolute Gasteiger partial charge is 0.487 e. The number of hydrogen-bond donors (Lipinski definition) is 3. The van der Waals surface area contributed by atoms with Crippen molar-refractivity contribution in [3.63, 3.8) is 0 Å². The molecule has 0 aliphatic heterocycles. The molecule has 6 aromatic carbocycles. The van der Waals surface area contributed by atoms with Gasteiger partial charge in [-0.25, -0.2) is 15.0 Å². The number of benzene rings is 6. The molecule has 0 unspecified atom stereocenters. The summed E-state index contributed by atoms with van der Waals surface area (Å²) in [6.07, 6.45) is 3.59. The van der Waals surface area contributed by atoms with Gasteiger partial charge in [0.05, 0.1) is 17.1 Å². The summed E-state index contributed by atoms with van der Waals surface area (Å²) in [5, 5.41) is 9.04. The maximum Gasteiger partial charge on any atom is 0.277 e. The van der Waals surface area contributed by atoms with Crippen LogP contribution in [0.3, 0.4) is 0 Å². The predicted octanol–water partition coefficient (Wildman–Crippen LogP) is 10.2. The van der Waals surface area contributed by atoms with Crippen molar-refractivity contribution in [3.05, 3.63) is 251 Å². The van der Waals surface area contributed by atoms with E-state index < -0.39 is 0 Å². The van der Waals surface area contributed by atoms with E-state index in [9.17, 15) is 14.4 Å². The first-order valence-corrected chi connectivity index (χ1v) is 26.1. The van der Waals surface area contributed by atoms with E-state index in [1.165, 1.54) is 36.3 Å². The third-order valence-electron chi connectivity index (χ3n) is 13.5. The summed E-state index contributed by atoms with van der Waals surface area (Å²) in [7, 11) is 0. The molecular formula is C62H58N12O5. The van der Waals surface area contributed by atoms with Crippen LogP contribution in [-0.2, 0) is 38.9 Å².